The van der Waals surface area contributed by atoms with E-state index in [0.29, 0.717) is 37.7 Å². The Morgan fingerprint density at radius 3 is 2.94 bits per heavy atom. The van der Waals surface area contributed by atoms with Gasteiger partial charge in [-0.25, -0.2) is 10.8 Å². The van der Waals surface area contributed by atoms with Crippen molar-refractivity contribution in [3.63, 3.8) is 0 Å². The fourth-order valence-corrected chi connectivity index (χ4v) is 2.98. The first-order valence-corrected chi connectivity index (χ1v) is 6.83. The van der Waals surface area contributed by atoms with Crippen LogP contribution in [0.1, 0.15) is 17.7 Å². The van der Waals surface area contributed by atoms with Gasteiger partial charge in [-0.2, -0.15) is 0 Å². The molecule has 1 fully saturated rings. The summed E-state index contributed by atoms with van der Waals surface area (Å²) in [5, 5.41) is 11.1. The van der Waals surface area contributed by atoms with Crippen molar-refractivity contribution in [1.82, 2.24) is 9.88 Å². The lowest BCUT2D eigenvalue weighted by Gasteiger charge is -2.35. The SMILES string of the molecule is CN(Cc1cnc(NN)s1)CC1(O)CCOCC1. The highest BCUT2D eigenvalue weighted by Crippen LogP contribution is 2.23. The van der Waals surface area contributed by atoms with Gasteiger partial charge >= 0.3 is 0 Å². The van der Waals surface area contributed by atoms with Gasteiger partial charge in [0, 0.05) is 50.2 Å². The molecular weight excluding hydrogens is 252 g/mol. The lowest BCUT2D eigenvalue weighted by Crippen LogP contribution is -2.45. The number of thiazole rings is 1. The largest absolute Gasteiger partial charge is 0.388 e. The molecule has 0 atom stereocenters. The van der Waals surface area contributed by atoms with Crippen molar-refractivity contribution in [2.45, 2.75) is 25.0 Å². The maximum atomic E-state index is 10.4. The number of nitrogens with zero attached hydrogens (tertiary/aromatic N) is 2. The molecule has 0 amide bonds. The number of anilines is 1. The second-order valence-electron chi connectivity index (χ2n) is 4.79. The Balaban J connectivity index is 1.85. The molecule has 1 saturated heterocycles. The van der Waals surface area contributed by atoms with Crippen LogP contribution in [0.15, 0.2) is 6.20 Å². The fourth-order valence-electron chi connectivity index (χ4n) is 2.18. The lowest BCUT2D eigenvalue weighted by molar-refractivity contribution is -0.0776. The van der Waals surface area contributed by atoms with Gasteiger partial charge in [0.2, 0.25) is 0 Å². The third kappa shape index (κ3) is 3.63. The molecule has 0 aromatic carbocycles. The van der Waals surface area contributed by atoms with Crippen molar-refractivity contribution in [2.75, 3.05) is 32.2 Å². The Morgan fingerprint density at radius 1 is 1.61 bits per heavy atom. The first kappa shape index (κ1) is 13.7. The van der Waals surface area contributed by atoms with Gasteiger partial charge in [0.05, 0.1) is 5.60 Å². The van der Waals surface area contributed by atoms with Crippen LogP contribution >= 0.6 is 11.3 Å². The molecule has 6 nitrogen and oxygen atoms in total. The van der Waals surface area contributed by atoms with E-state index in [1.54, 1.807) is 0 Å². The summed E-state index contributed by atoms with van der Waals surface area (Å²) < 4.78 is 5.27. The van der Waals surface area contributed by atoms with Crippen LogP contribution in [0.4, 0.5) is 5.13 Å². The average Bonchev–Trinajstić information content (AvgIpc) is 2.76. The second-order valence-corrected chi connectivity index (χ2v) is 5.90. The van der Waals surface area contributed by atoms with E-state index >= 15 is 0 Å². The van der Waals surface area contributed by atoms with Crippen LogP contribution in [0.25, 0.3) is 0 Å². The zero-order valence-corrected chi connectivity index (χ0v) is 11.4. The summed E-state index contributed by atoms with van der Waals surface area (Å²) in [6.07, 6.45) is 3.22. The highest BCUT2D eigenvalue weighted by molar-refractivity contribution is 7.15. The number of hydrazine groups is 1. The number of likely N-dealkylation sites (N-methyl/N-ethyl adjacent to an activating group) is 1. The van der Waals surface area contributed by atoms with Gasteiger partial charge in [-0.05, 0) is 7.05 Å². The highest BCUT2D eigenvalue weighted by atomic mass is 32.1. The first-order valence-electron chi connectivity index (χ1n) is 6.01. The van der Waals surface area contributed by atoms with E-state index in [1.807, 2.05) is 13.2 Å². The summed E-state index contributed by atoms with van der Waals surface area (Å²) in [6, 6.07) is 0. The van der Waals surface area contributed by atoms with Gasteiger partial charge in [-0.1, -0.05) is 11.3 Å². The summed E-state index contributed by atoms with van der Waals surface area (Å²) in [4.78, 5) is 7.36. The number of rotatable bonds is 5. The molecule has 2 rings (SSSR count). The van der Waals surface area contributed by atoms with Crippen molar-refractivity contribution in [3.05, 3.63) is 11.1 Å². The number of aliphatic hydroxyl groups is 1. The van der Waals surface area contributed by atoms with E-state index in [9.17, 15) is 5.11 Å². The predicted molar refractivity (Wildman–Crippen MR) is 71.3 cm³/mol. The molecule has 2 heterocycles. The molecule has 1 aliphatic heterocycles. The Morgan fingerprint density at radius 2 is 2.33 bits per heavy atom. The number of ether oxygens (including phenoxy) is 1. The minimum atomic E-state index is -0.618. The van der Waals surface area contributed by atoms with E-state index in [2.05, 4.69) is 15.3 Å². The summed E-state index contributed by atoms with van der Waals surface area (Å²) in [6.45, 7) is 2.71. The van der Waals surface area contributed by atoms with Crippen LogP contribution in [0.5, 0.6) is 0 Å². The molecule has 0 bridgehead atoms. The van der Waals surface area contributed by atoms with Crippen molar-refractivity contribution in [1.29, 1.82) is 0 Å². The third-order valence-corrected chi connectivity index (χ3v) is 4.00. The fraction of sp³-hybridized carbons (Fsp3) is 0.727. The van der Waals surface area contributed by atoms with Gasteiger partial charge in [0.25, 0.3) is 0 Å². The van der Waals surface area contributed by atoms with Gasteiger partial charge in [0.15, 0.2) is 5.13 Å². The van der Waals surface area contributed by atoms with E-state index in [0.717, 1.165) is 11.4 Å². The smallest absolute Gasteiger partial charge is 0.197 e. The Bertz CT molecular complexity index is 379. The third-order valence-electron chi connectivity index (χ3n) is 3.09. The maximum Gasteiger partial charge on any atom is 0.197 e. The topological polar surface area (TPSA) is 83.6 Å². The molecule has 0 spiro atoms. The molecule has 0 aliphatic carbocycles. The first-order chi connectivity index (χ1) is 8.61. The molecule has 1 aromatic heterocycles. The van der Waals surface area contributed by atoms with E-state index in [-0.39, 0.29) is 0 Å². The zero-order valence-electron chi connectivity index (χ0n) is 10.6. The van der Waals surface area contributed by atoms with E-state index in [4.69, 9.17) is 10.6 Å². The van der Waals surface area contributed by atoms with Crippen LogP contribution in [0.3, 0.4) is 0 Å². The second kappa shape index (κ2) is 5.94. The molecule has 0 unspecified atom stereocenters. The monoisotopic (exact) mass is 272 g/mol. The Labute approximate surface area is 111 Å². The van der Waals surface area contributed by atoms with Crippen LogP contribution in [-0.2, 0) is 11.3 Å². The van der Waals surface area contributed by atoms with Crippen LogP contribution in [0, 0.1) is 0 Å². The predicted octanol–water partition coefficient (Wildman–Crippen LogP) is 0.402. The number of aromatic nitrogens is 1. The summed E-state index contributed by atoms with van der Waals surface area (Å²) in [7, 11) is 2.00. The molecular formula is C11H20N4O2S. The van der Waals surface area contributed by atoms with Gasteiger partial charge in [-0.3, -0.25) is 10.3 Å². The lowest BCUT2D eigenvalue weighted by atomic mass is 9.94. The minimum Gasteiger partial charge on any atom is -0.388 e. The molecule has 0 radical (unpaired) electrons. The molecule has 0 saturated carbocycles. The zero-order chi connectivity index (χ0) is 13.0. The van der Waals surface area contributed by atoms with Gasteiger partial charge < -0.3 is 9.84 Å². The van der Waals surface area contributed by atoms with Gasteiger partial charge in [-0.15, -0.1) is 0 Å². The van der Waals surface area contributed by atoms with Crippen LogP contribution in [-0.4, -0.2) is 47.4 Å². The molecule has 4 N–H and O–H groups in total. The number of hydrogen-bond acceptors (Lipinski definition) is 7. The van der Waals surface area contributed by atoms with Crippen LogP contribution in [0.2, 0.25) is 0 Å². The van der Waals surface area contributed by atoms with Crippen molar-refractivity contribution >= 4 is 16.5 Å². The van der Waals surface area contributed by atoms with Crippen molar-refractivity contribution < 1.29 is 9.84 Å². The highest BCUT2D eigenvalue weighted by Gasteiger charge is 2.31. The molecule has 18 heavy (non-hydrogen) atoms. The molecule has 1 aliphatic rings. The summed E-state index contributed by atoms with van der Waals surface area (Å²) in [5.74, 6) is 5.29. The summed E-state index contributed by atoms with van der Waals surface area (Å²) >= 11 is 1.53. The Hall–Kier alpha value is -0.730. The Kier molecular flexibility index (Phi) is 4.52. The normalized spacial score (nSPS) is 19.1. The van der Waals surface area contributed by atoms with E-state index in [1.165, 1.54) is 11.3 Å². The molecule has 7 heteroatoms. The number of nitrogens with one attached hydrogen (secondary N) is 1. The van der Waals surface area contributed by atoms with Crippen molar-refractivity contribution in [3.8, 4) is 0 Å². The standard InChI is InChI=1S/C11H20N4O2S/c1-15(7-9-6-13-10(14-12)18-9)8-11(16)2-4-17-5-3-11/h6,16H,2-5,7-8,12H2,1H3,(H,13,14). The number of nitrogen functional groups attached to an aromatic ring is 1. The average molecular weight is 272 g/mol. The summed E-state index contributed by atoms with van der Waals surface area (Å²) in [5.41, 5.74) is 1.91. The van der Waals surface area contributed by atoms with Crippen LogP contribution < -0.4 is 11.3 Å². The van der Waals surface area contributed by atoms with Crippen molar-refractivity contribution in [2.24, 2.45) is 5.84 Å². The molecule has 102 valence electrons. The number of nitrogens with two attached hydrogens (primary N) is 1. The molecule has 1 aromatic rings. The van der Waals surface area contributed by atoms with Gasteiger partial charge in [0.1, 0.15) is 0 Å². The quantitative estimate of drug-likeness (QED) is 0.531. The minimum absolute atomic E-state index is 0.618. The maximum absolute atomic E-state index is 10.4. The number of hydrogen-bond donors (Lipinski definition) is 3. The van der Waals surface area contributed by atoms with E-state index < -0.39 is 5.60 Å².